The van der Waals surface area contributed by atoms with Crippen LogP contribution in [0.25, 0.3) is 21.8 Å². The van der Waals surface area contributed by atoms with Crippen LogP contribution in [-0.4, -0.2) is 100 Å². The van der Waals surface area contributed by atoms with Crippen LogP contribution in [0, 0.1) is 17.6 Å². The molecule has 0 fully saturated rings. The minimum Gasteiger partial charge on any atom is -0.490 e. The summed E-state index contributed by atoms with van der Waals surface area (Å²) >= 11 is 6.33. The molecule has 0 spiro atoms. The second-order valence-electron chi connectivity index (χ2n) is 21.2. The second-order valence-corrected chi connectivity index (χ2v) is 21.6. The lowest BCUT2D eigenvalue weighted by Crippen LogP contribution is -2.06. The van der Waals surface area contributed by atoms with Gasteiger partial charge in [-0.2, -0.15) is 10.2 Å². The monoisotopic (exact) mass is 1310 g/mol. The molecule has 12 rings (SSSR count). The van der Waals surface area contributed by atoms with E-state index in [-0.39, 0.29) is 29.9 Å². The van der Waals surface area contributed by atoms with E-state index in [0.717, 1.165) is 55.8 Å². The van der Waals surface area contributed by atoms with Crippen LogP contribution in [0.15, 0.2) is 205 Å². The summed E-state index contributed by atoms with van der Waals surface area (Å²) in [5.74, 6) is 3.44. The molecule has 0 atom stereocenters. The number of hydrogen-bond donors (Lipinski definition) is 6. The third-order valence-corrected chi connectivity index (χ3v) is 14.0. The fraction of sp³-hybridized carbons (Fsp3) is 0.147. The maximum Gasteiger partial charge on any atom is 0.151 e. The zero-order valence-electron chi connectivity index (χ0n) is 52.1. The van der Waals surface area contributed by atoms with Crippen LogP contribution in [0.5, 0.6) is 11.5 Å². The molecule has 0 saturated heterocycles. The molecular weight excluding hydrogens is 1250 g/mol. The molecular formula is C68H65ClF2N20O5. The minimum atomic E-state index is -0.269. The highest BCUT2D eigenvalue weighted by atomic mass is 35.5. The molecule has 0 unspecified atom stereocenters. The Balaban J connectivity index is 0.000000159. The number of nitrogens with zero attached hydrogens (tertiary/aromatic N) is 14. The zero-order valence-corrected chi connectivity index (χ0v) is 52.9. The Morgan fingerprint density at radius 2 is 1.04 bits per heavy atom. The van der Waals surface area contributed by atoms with E-state index in [9.17, 15) is 8.78 Å². The van der Waals surface area contributed by atoms with Crippen molar-refractivity contribution in [3.05, 3.63) is 239 Å². The smallest absolute Gasteiger partial charge is 0.151 e. The van der Waals surface area contributed by atoms with Crippen molar-refractivity contribution in [1.82, 2.24) is 54.4 Å². The molecule has 6 heterocycles. The number of nitrogens with two attached hydrogens (primary N) is 3. The first-order valence-corrected chi connectivity index (χ1v) is 30.1. The summed E-state index contributed by atoms with van der Waals surface area (Å²) in [4.78, 5) is 44.3. The van der Waals surface area contributed by atoms with Crippen molar-refractivity contribution >= 4 is 104 Å². The number of para-hydroxylation sites is 1. The standard InChI is InChI=1S/C27H24FN7O2.C23H24FN7O.C18H17ClN6O2/c28-21-6-4-5-19(13-21)17-35-25-10-9-22(14-20(25)15-32-35)34-27-24(26(29)30-18-31-27)16-33-37-12-11-36-23-7-2-1-3-8-23;1-15(2)13-32-29-11-20-22(25)26-14-27-23(20)30-19-6-7-21-17(9-19)10-28-31(21)12-16-4-3-5-18(24)8-16;1-26-24-9-14-17(20)22-11-23-18(14)25-12-5-6-16(15(19)8-12)27-10-13-4-2-3-7-21-13/h1-10,13-16,18H,11-12,17H2,(H3,29,30,31,34);3-11,14-15H,12-13H2,1-2H3,(H3,25,26,27,30);2-9,11H,10H2,1H3,(H3,20,22,23,25)/b33-16+;29-11+;24-9+. The molecule has 9 N–H and O–H groups in total. The number of nitrogen functional groups attached to an aromatic ring is 3. The second kappa shape index (κ2) is 33.3. The lowest BCUT2D eigenvalue weighted by atomic mass is 10.2. The third-order valence-electron chi connectivity index (χ3n) is 13.7. The summed E-state index contributed by atoms with van der Waals surface area (Å²) in [6, 6.07) is 45.0. The van der Waals surface area contributed by atoms with E-state index >= 15 is 0 Å². The number of rotatable bonds is 25. The van der Waals surface area contributed by atoms with Crippen LogP contribution in [0.3, 0.4) is 0 Å². The molecule has 0 radical (unpaired) electrons. The van der Waals surface area contributed by atoms with Crippen molar-refractivity contribution in [3.8, 4) is 11.5 Å². The molecule has 0 amide bonds. The predicted molar refractivity (Wildman–Crippen MR) is 368 cm³/mol. The van der Waals surface area contributed by atoms with E-state index in [4.69, 9.17) is 52.8 Å². The number of fused-ring (bicyclic) bond motifs is 2. The molecule has 6 aromatic heterocycles. The Kier molecular flexibility index (Phi) is 23.1. The first-order chi connectivity index (χ1) is 46.8. The van der Waals surface area contributed by atoms with E-state index in [1.54, 1.807) is 42.9 Å². The highest BCUT2D eigenvalue weighted by Gasteiger charge is 2.15. The SMILES string of the molecule is CC(C)CO/N=C/c1c(N)ncnc1Nc1ccc2c(cnn2Cc2cccc(F)c2)c1.CO/N=C/c1c(N)ncnc1Nc1ccc(OCc2ccccn2)c(Cl)c1.Nc1ncnc(Nc2ccc3c(cnn3Cc3cccc(F)c3)c2)c1/C=N/OCCOc1ccccc1. The average Bonchev–Trinajstić information content (AvgIpc) is 1.61. The van der Waals surface area contributed by atoms with Crippen molar-refractivity contribution in [2.45, 2.75) is 33.5 Å². The van der Waals surface area contributed by atoms with Gasteiger partial charge in [0.1, 0.15) is 104 Å². The van der Waals surface area contributed by atoms with Crippen molar-refractivity contribution in [1.29, 1.82) is 0 Å². The Bertz CT molecular complexity index is 4620. The topological polar surface area (TPSA) is 323 Å². The van der Waals surface area contributed by atoms with Gasteiger partial charge in [0.2, 0.25) is 0 Å². The Morgan fingerprint density at radius 1 is 0.531 bits per heavy atom. The average molecular weight is 1320 g/mol. The van der Waals surface area contributed by atoms with Crippen LogP contribution < -0.4 is 42.6 Å². The Labute approximate surface area is 554 Å². The number of ether oxygens (including phenoxy) is 2. The van der Waals surface area contributed by atoms with Crippen molar-refractivity contribution < 1.29 is 32.8 Å². The minimum absolute atomic E-state index is 0.259. The largest absolute Gasteiger partial charge is 0.490 e. The van der Waals surface area contributed by atoms with Gasteiger partial charge in [0.15, 0.2) is 6.61 Å². The van der Waals surface area contributed by atoms with Gasteiger partial charge in [0.05, 0.1) is 82.6 Å². The van der Waals surface area contributed by atoms with Gasteiger partial charge in [-0.25, -0.2) is 38.7 Å². The molecule has 6 aromatic carbocycles. The fourth-order valence-electron chi connectivity index (χ4n) is 9.09. The van der Waals surface area contributed by atoms with E-state index in [2.05, 4.69) is 76.5 Å². The van der Waals surface area contributed by atoms with Crippen LogP contribution >= 0.6 is 11.6 Å². The van der Waals surface area contributed by atoms with E-state index in [0.29, 0.717) is 95.2 Å². The molecule has 488 valence electrons. The highest BCUT2D eigenvalue weighted by molar-refractivity contribution is 6.32. The lowest BCUT2D eigenvalue weighted by Gasteiger charge is -2.12. The maximum absolute atomic E-state index is 13.5. The molecule has 0 saturated carbocycles. The van der Waals surface area contributed by atoms with Crippen LogP contribution in [0.4, 0.5) is 60.8 Å². The molecule has 96 heavy (non-hydrogen) atoms. The summed E-state index contributed by atoms with van der Waals surface area (Å²) in [5, 5.41) is 32.5. The summed E-state index contributed by atoms with van der Waals surface area (Å²) in [7, 11) is 1.44. The lowest BCUT2D eigenvalue weighted by molar-refractivity contribution is 0.108. The molecule has 0 aliphatic rings. The normalized spacial score (nSPS) is 11.2. The molecule has 25 nitrogen and oxygen atoms in total. The van der Waals surface area contributed by atoms with E-state index in [1.165, 1.54) is 69.0 Å². The maximum atomic E-state index is 13.5. The number of anilines is 9. The third kappa shape index (κ3) is 18.9. The number of hydrogen-bond acceptors (Lipinski definition) is 23. The first kappa shape index (κ1) is 66.5. The Morgan fingerprint density at radius 3 is 1.54 bits per heavy atom. The summed E-state index contributed by atoms with van der Waals surface area (Å²) in [6.45, 7) is 6.47. The van der Waals surface area contributed by atoms with Gasteiger partial charge in [-0.15, -0.1) is 0 Å². The molecule has 0 bridgehead atoms. The molecule has 12 aromatic rings. The van der Waals surface area contributed by atoms with Gasteiger partial charge in [-0.1, -0.05) is 89.4 Å². The highest BCUT2D eigenvalue weighted by Crippen LogP contribution is 2.32. The summed E-state index contributed by atoms with van der Waals surface area (Å²) in [5.41, 5.74) is 26.1. The van der Waals surface area contributed by atoms with E-state index < -0.39 is 0 Å². The van der Waals surface area contributed by atoms with Crippen molar-refractivity contribution in [2.24, 2.45) is 21.4 Å². The van der Waals surface area contributed by atoms with Gasteiger partial charge in [-0.3, -0.25) is 14.3 Å². The number of halogens is 3. The number of aromatic nitrogens is 11. The number of nitrogens with one attached hydrogen (secondary N) is 3. The van der Waals surface area contributed by atoms with Crippen LogP contribution in [0.2, 0.25) is 5.02 Å². The first-order valence-electron chi connectivity index (χ1n) is 29.7. The van der Waals surface area contributed by atoms with Crippen molar-refractivity contribution in [3.63, 3.8) is 0 Å². The van der Waals surface area contributed by atoms with Crippen LogP contribution in [0.1, 0.15) is 47.4 Å². The number of pyridine rings is 1. The summed E-state index contributed by atoms with van der Waals surface area (Å²) < 4.78 is 42.0. The number of benzene rings is 6. The molecule has 28 heteroatoms. The number of oxime groups is 3. The summed E-state index contributed by atoms with van der Waals surface area (Å²) in [6.07, 6.45) is 13.8. The van der Waals surface area contributed by atoms with E-state index in [1.807, 2.05) is 126 Å². The fourth-order valence-corrected chi connectivity index (χ4v) is 9.33. The predicted octanol–water partition coefficient (Wildman–Crippen LogP) is 12.5. The van der Waals surface area contributed by atoms with Gasteiger partial charge >= 0.3 is 0 Å². The molecule has 0 aliphatic heterocycles. The quantitative estimate of drug-likeness (QED) is 0.0176. The molecule has 0 aliphatic carbocycles. The van der Waals surface area contributed by atoms with Gasteiger partial charge < -0.3 is 57.1 Å². The van der Waals surface area contributed by atoms with Gasteiger partial charge in [-0.05, 0) is 120 Å². The van der Waals surface area contributed by atoms with Gasteiger partial charge in [0.25, 0.3) is 0 Å². The Hall–Kier alpha value is -12.4. The zero-order chi connectivity index (χ0) is 67.0. The van der Waals surface area contributed by atoms with Gasteiger partial charge in [0, 0.05) is 34.0 Å². The van der Waals surface area contributed by atoms with Crippen LogP contribution in [-0.2, 0) is 34.2 Å². The van der Waals surface area contributed by atoms with Crippen molar-refractivity contribution in [2.75, 3.05) is 60.1 Å².